The zero-order valence-electron chi connectivity index (χ0n) is 18.4. The summed E-state index contributed by atoms with van der Waals surface area (Å²) < 4.78 is 11.1. The van der Waals surface area contributed by atoms with Gasteiger partial charge in [0.25, 0.3) is 0 Å². The van der Waals surface area contributed by atoms with Gasteiger partial charge in [-0.25, -0.2) is 14.3 Å². The first kappa shape index (κ1) is 22.4. The molecule has 0 spiro atoms. The summed E-state index contributed by atoms with van der Waals surface area (Å²) in [6.07, 6.45) is 0. The normalized spacial score (nSPS) is 10.9. The topological polar surface area (TPSA) is 115 Å². The molecule has 0 saturated heterocycles. The molecule has 0 bridgehead atoms. The number of carbonyl (C=O) groups is 2. The summed E-state index contributed by atoms with van der Waals surface area (Å²) in [6, 6.07) is 22.4. The van der Waals surface area contributed by atoms with Crippen molar-refractivity contribution in [3.63, 3.8) is 0 Å². The predicted octanol–water partition coefficient (Wildman–Crippen LogP) is 5.23. The number of para-hydroxylation sites is 1. The lowest BCUT2D eigenvalue weighted by atomic mass is 10.0. The molecule has 9 nitrogen and oxygen atoms in total. The quantitative estimate of drug-likeness (QED) is 0.314. The Kier molecular flexibility index (Phi) is 6.45. The van der Waals surface area contributed by atoms with Gasteiger partial charge in [0.2, 0.25) is 0 Å². The summed E-state index contributed by atoms with van der Waals surface area (Å²) in [5.74, 6) is -1.77. The van der Waals surface area contributed by atoms with Crippen molar-refractivity contribution in [2.75, 3.05) is 14.2 Å². The second kappa shape index (κ2) is 9.78. The number of methoxy groups -OCH3 is 2. The Bertz CT molecular complexity index is 1370. The lowest BCUT2D eigenvalue weighted by Gasteiger charge is -2.07. The van der Waals surface area contributed by atoms with Crippen molar-refractivity contribution in [2.24, 2.45) is 10.2 Å². The molecule has 0 saturated carbocycles. The highest BCUT2D eigenvalue weighted by Gasteiger charge is 2.32. The second-order valence-corrected chi connectivity index (χ2v) is 7.04. The van der Waals surface area contributed by atoms with Crippen LogP contribution in [0.4, 0.5) is 11.4 Å². The number of azo groups is 1. The van der Waals surface area contributed by atoms with E-state index in [0.717, 1.165) is 0 Å². The van der Waals surface area contributed by atoms with Gasteiger partial charge in [-0.05, 0) is 42.5 Å². The lowest BCUT2D eigenvalue weighted by Crippen LogP contribution is -2.15. The number of phenols is 1. The number of hydrogen-bond acceptors (Lipinski definition) is 8. The Hall–Kier alpha value is -4.79. The van der Waals surface area contributed by atoms with Crippen molar-refractivity contribution in [3.8, 4) is 22.7 Å². The fraction of sp³-hybridized carbons (Fsp3) is 0.0800. The number of hydrogen-bond donors (Lipinski definition) is 1. The van der Waals surface area contributed by atoms with Gasteiger partial charge < -0.3 is 14.6 Å². The van der Waals surface area contributed by atoms with E-state index in [-0.39, 0.29) is 28.3 Å². The van der Waals surface area contributed by atoms with E-state index in [2.05, 4.69) is 15.3 Å². The minimum Gasteiger partial charge on any atom is -0.507 e. The minimum absolute atomic E-state index is 0.0327. The molecule has 0 unspecified atom stereocenters. The molecule has 1 N–H and O–H groups in total. The Morgan fingerprint density at radius 3 is 2.09 bits per heavy atom. The maximum absolute atomic E-state index is 12.8. The van der Waals surface area contributed by atoms with Gasteiger partial charge in [0.15, 0.2) is 5.69 Å². The van der Waals surface area contributed by atoms with Gasteiger partial charge in [-0.2, -0.15) is 15.3 Å². The van der Waals surface area contributed by atoms with Gasteiger partial charge in [0, 0.05) is 5.56 Å². The second-order valence-electron chi connectivity index (χ2n) is 7.04. The summed E-state index contributed by atoms with van der Waals surface area (Å²) >= 11 is 0. The molecule has 0 aliphatic rings. The zero-order valence-corrected chi connectivity index (χ0v) is 18.4. The van der Waals surface area contributed by atoms with Crippen LogP contribution in [-0.4, -0.2) is 41.0 Å². The van der Waals surface area contributed by atoms with Gasteiger partial charge in [-0.15, -0.1) is 0 Å². The van der Waals surface area contributed by atoms with E-state index >= 15 is 0 Å². The SMILES string of the molecule is COC(=O)c1c(-c2cc(N=Nc3ccccc3)ccc2O)nn(-c2ccccc2)c1C(=O)OC. The average Bonchev–Trinajstić information content (AvgIpc) is 3.29. The Balaban J connectivity index is 1.92. The maximum Gasteiger partial charge on any atom is 0.357 e. The third-order valence-electron chi connectivity index (χ3n) is 4.93. The zero-order chi connectivity index (χ0) is 24.1. The third-order valence-corrected chi connectivity index (χ3v) is 4.93. The maximum atomic E-state index is 12.8. The standard InChI is InChI=1S/C25H20N4O5/c1-33-24(31)21-22(28-29(23(21)25(32)34-2)18-11-7-4-8-12-18)19-15-17(13-14-20(19)30)27-26-16-9-5-3-6-10-16/h3-15,30H,1-2H3. The van der Waals surface area contributed by atoms with Crippen LogP contribution in [0.2, 0.25) is 0 Å². The van der Waals surface area contributed by atoms with Crippen LogP contribution in [0.15, 0.2) is 89.1 Å². The van der Waals surface area contributed by atoms with Crippen LogP contribution in [0.1, 0.15) is 20.8 Å². The van der Waals surface area contributed by atoms with Crippen LogP contribution in [-0.2, 0) is 9.47 Å². The number of aromatic nitrogens is 2. The monoisotopic (exact) mass is 456 g/mol. The van der Waals surface area contributed by atoms with Gasteiger partial charge in [-0.1, -0.05) is 36.4 Å². The van der Waals surface area contributed by atoms with Crippen LogP contribution in [0, 0.1) is 0 Å². The Morgan fingerprint density at radius 1 is 0.824 bits per heavy atom. The number of nitrogens with zero attached hydrogens (tertiary/aromatic N) is 4. The van der Waals surface area contributed by atoms with Crippen LogP contribution in [0.3, 0.4) is 0 Å². The lowest BCUT2D eigenvalue weighted by molar-refractivity contribution is 0.0549. The predicted molar refractivity (Wildman–Crippen MR) is 124 cm³/mol. The van der Waals surface area contributed by atoms with Gasteiger partial charge >= 0.3 is 11.9 Å². The van der Waals surface area contributed by atoms with E-state index in [1.165, 1.54) is 31.0 Å². The van der Waals surface area contributed by atoms with E-state index < -0.39 is 11.9 Å². The van der Waals surface area contributed by atoms with E-state index in [9.17, 15) is 14.7 Å². The van der Waals surface area contributed by atoms with Gasteiger partial charge in [0.05, 0.1) is 31.3 Å². The molecule has 0 radical (unpaired) electrons. The van der Waals surface area contributed by atoms with Crippen molar-refractivity contribution in [1.29, 1.82) is 0 Å². The molecule has 4 rings (SSSR count). The summed E-state index contributed by atoms with van der Waals surface area (Å²) in [6.45, 7) is 0. The molecular formula is C25H20N4O5. The highest BCUT2D eigenvalue weighted by Crippen LogP contribution is 2.37. The molecule has 0 atom stereocenters. The number of benzene rings is 3. The number of aromatic hydroxyl groups is 1. The van der Waals surface area contributed by atoms with Crippen LogP contribution < -0.4 is 0 Å². The van der Waals surface area contributed by atoms with Crippen molar-refractivity contribution in [3.05, 3.63) is 90.1 Å². The Labute approximate surface area is 194 Å². The Morgan fingerprint density at radius 2 is 1.44 bits per heavy atom. The molecule has 9 heteroatoms. The first-order chi connectivity index (χ1) is 16.5. The molecule has 170 valence electrons. The van der Waals surface area contributed by atoms with Crippen LogP contribution >= 0.6 is 0 Å². The fourth-order valence-corrected chi connectivity index (χ4v) is 3.33. The smallest absolute Gasteiger partial charge is 0.357 e. The molecule has 1 heterocycles. The van der Waals surface area contributed by atoms with Crippen molar-refractivity contribution in [2.45, 2.75) is 0 Å². The van der Waals surface area contributed by atoms with Crippen molar-refractivity contribution < 1.29 is 24.2 Å². The van der Waals surface area contributed by atoms with Gasteiger partial charge in [-0.3, -0.25) is 0 Å². The summed E-state index contributed by atoms with van der Waals surface area (Å²) in [4.78, 5) is 25.5. The first-order valence-electron chi connectivity index (χ1n) is 10.2. The first-order valence-corrected chi connectivity index (χ1v) is 10.2. The number of esters is 2. The molecular weight excluding hydrogens is 436 g/mol. The van der Waals surface area contributed by atoms with Crippen molar-refractivity contribution >= 4 is 23.3 Å². The highest BCUT2D eigenvalue weighted by molar-refractivity contribution is 6.07. The highest BCUT2D eigenvalue weighted by atomic mass is 16.5. The largest absolute Gasteiger partial charge is 0.507 e. The minimum atomic E-state index is -0.812. The van der Waals surface area contributed by atoms with E-state index in [0.29, 0.717) is 17.1 Å². The van der Waals surface area contributed by atoms with Crippen LogP contribution in [0.25, 0.3) is 16.9 Å². The molecule has 3 aromatic carbocycles. The summed E-state index contributed by atoms with van der Waals surface area (Å²) in [5.41, 5.74) is 1.49. The third kappa shape index (κ3) is 4.40. The van der Waals surface area contributed by atoms with E-state index in [1.54, 1.807) is 48.5 Å². The molecule has 0 fully saturated rings. The fourth-order valence-electron chi connectivity index (χ4n) is 3.33. The van der Waals surface area contributed by atoms with Gasteiger partial charge in [0.1, 0.15) is 17.0 Å². The number of rotatable bonds is 6. The molecule has 0 aliphatic carbocycles. The van der Waals surface area contributed by atoms with E-state index in [1.807, 2.05) is 18.2 Å². The number of phenolic OH excluding ortho intramolecular Hbond substituents is 1. The molecule has 0 aliphatic heterocycles. The number of ether oxygens (including phenoxy) is 2. The van der Waals surface area contributed by atoms with Crippen LogP contribution in [0.5, 0.6) is 5.75 Å². The van der Waals surface area contributed by atoms with E-state index in [4.69, 9.17) is 9.47 Å². The summed E-state index contributed by atoms with van der Waals surface area (Å²) in [7, 11) is 2.39. The average molecular weight is 456 g/mol. The molecule has 34 heavy (non-hydrogen) atoms. The summed E-state index contributed by atoms with van der Waals surface area (Å²) in [5, 5.41) is 23.5. The molecule has 4 aromatic rings. The number of carbonyl (C=O) groups excluding carboxylic acids is 2. The molecule has 0 amide bonds. The molecule has 1 aromatic heterocycles. The van der Waals surface area contributed by atoms with Crippen molar-refractivity contribution in [1.82, 2.24) is 9.78 Å².